The van der Waals surface area contributed by atoms with Crippen molar-refractivity contribution in [2.45, 2.75) is 83.2 Å². The number of carboxylic acids is 1. The third-order valence-corrected chi connectivity index (χ3v) is 6.08. The normalized spacial score (nSPS) is 22.0. The molecule has 2 aliphatic carbocycles. The summed E-state index contributed by atoms with van der Waals surface area (Å²) in [7, 11) is 0. The molecule has 1 aromatic carbocycles. The zero-order valence-electron chi connectivity index (χ0n) is 16.8. The largest absolute Gasteiger partial charge is 1.00 e. The smallest absolute Gasteiger partial charge is 0.550 e. The van der Waals surface area contributed by atoms with Crippen molar-refractivity contribution in [1.29, 1.82) is 0 Å². The number of ether oxygens (including phenoxy) is 1. The molecule has 0 aromatic heterocycles. The molecule has 4 heteroatoms. The Labute approximate surface area is 185 Å². The number of hydrogen-bond acceptors (Lipinski definition) is 3. The van der Waals surface area contributed by atoms with Crippen LogP contribution in [0.2, 0.25) is 0 Å². The van der Waals surface area contributed by atoms with Crippen LogP contribution in [0.25, 0.3) is 0 Å². The van der Waals surface area contributed by atoms with Crippen LogP contribution in [-0.2, 0) is 4.79 Å². The minimum absolute atomic E-state index is 0. The molecule has 0 N–H and O–H groups in total. The van der Waals surface area contributed by atoms with Gasteiger partial charge >= 0.3 is 29.6 Å². The van der Waals surface area contributed by atoms with Crippen LogP contribution >= 0.6 is 0 Å². The molecule has 1 aromatic rings. The minimum Gasteiger partial charge on any atom is -0.550 e. The van der Waals surface area contributed by atoms with Gasteiger partial charge in [-0.1, -0.05) is 37.3 Å². The Morgan fingerprint density at radius 3 is 2.48 bits per heavy atom. The van der Waals surface area contributed by atoms with Crippen LogP contribution < -0.4 is 39.4 Å². The number of hydrogen-bond donors (Lipinski definition) is 0. The van der Waals surface area contributed by atoms with Crippen LogP contribution in [0.1, 0.15) is 82.6 Å². The second-order valence-electron chi connectivity index (χ2n) is 7.99. The van der Waals surface area contributed by atoms with Crippen LogP contribution in [0.15, 0.2) is 24.3 Å². The zero-order chi connectivity index (χ0) is 18.4. The Balaban J connectivity index is 0.00000261. The van der Waals surface area contributed by atoms with Crippen molar-refractivity contribution in [3.8, 4) is 17.6 Å². The van der Waals surface area contributed by atoms with E-state index in [-0.39, 0.29) is 41.9 Å². The molecule has 0 bridgehead atoms. The average Bonchev–Trinajstić information content (AvgIpc) is 2.62. The molecule has 27 heavy (non-hydrogen) atoms. The van der Waals surface area contributed by atoms with Gasteiger partial charge in [0, 0.05) is 12.4 Å². The van der Waals surface area contributed by atoms with E-state index in [0.717, 1.165) is 17.7 Å². The van der Waals surface area contributed by atoms with E-state index in [2.05, 4.69) is 11.8 Å². The Kier molecular flexibility index (Phi) is 8.73. The number of carbonyl (C=O) groups is 1. The summed E-state index contributed by atoms with van der Waals surface area (Å²) in [5, 5.41) is 10.9. The van der Waals surface area contributed by atoms with Gasteiger partial charge in [-0.15, -0.1) is 5.92 Å². The number of aliphatic carboxylic acids is 1. The van der Waals surface area contributed by atoms with E-state index in [1.54, 1.807) is 6.92 Å². The first kappa shape index (κ1) is 22.3. The van der Waals surface area contributed by atoms with Crippen molar-refractivity contribution < 1.29 is 44.2 Å². The van der Waals surface area contributed by atoms with Gasteiger partial charge in [-0.25, -0.2) is 0 Å². The molecule has 2 aliphatic rings. The summed E-state index contributed by atoms with van der Waals surface area (Å²) < 4.78 is 6.29. The third-order valence-electron chi connectivity index (χ3n) is 6.08. The van der Waals surface area contributed by atoms with E-state index in [1.807, 2.05) is 24.3 Å². The van der Waals surface area contributed by atoms with Crippen LogP contribution in [0.3, 0.4) is 0 Å². The SMILES string of the molecule is CC#CC(CC(=O)[O-])c1ccc(OC2CCCC3(CCCCC3)C2)cc1.[Na+]. The van der Waals surface area contributed by atoms with Crippen molar-refractivity contribution in [2.24, 2.45) is 5.41 Å². The Morgan fingerprint density at radius 2 is 1.85 bits per heavy atom. The molecule has 140 valence electrons. The molecular weight excluding hydrogens is 347 g/mol. The van der Waals surface area contributed by atoms with Gasteiger partial charge < -0.3 is 14.6 Å². The van der Waals surface area contributed by atoms with Crippen LogP contribution in [0.4, 0.5) is 0 Å². The molecular formula is C23H29NaO3. The summed E-state index contributed by atoms with van der Waals surface area (Å²) in [5.41, 5.74) is 1.43. The van der Waals surface area contributed by atoms with Crippen molar-refractivity contribution >= 4 is 5.97 Å². The van der Waals surface area contributed by atoms with E-state index in [9.17, 15) is 9.90 Å². The molecule has 1 spiro atoms. The van der Waals surface area contributed by atoms with Crippen molar-refractivity contribution in [1.82, 2.24) is 0 Å². The topological polar surface area (TPSA) is 49.4 Å². The first-order chi connectivity index (χ1) is 12.6. The van der Waals surface area contributed by atoms with E-state index >= 15 is 0 Å². The number of benzene rings is 1. The van der Waals surface area contributed by atoms with E-state index in [1.165, 1.54) is 51.4 Å². The van der Waals surface area contributed by atoms with Gasteiger partial charge in [-0.05, 0) is 68.6 Å². The van der Waals surface area contributed by atoms with Crippen LogP contribution in [0, 0.1) is 17.3 Å². The summed E-state index contributed by atoms with van der Waals surface area (Å²) in [6.07, 6.45) is 12.1. The monoisotopic (exact) mass is 376 g/mol. The fourth-order valence-corrected chi connectivity index (χ4v) is 4.81. The molecule has 2 atom stereocenters. The van der Waals surface area contributed by atoms with Gasteiger partial charge in [0.25, 0.3) is 0 Å². The molecule has 3 nitrogen and oxygen atoms in total. The second-order valence-corrected chi connectivity index (χ2v) is 7.99. The minimum atomic E-state index is -1.07. The van der Waals surface area contributed by atoms with E-state index in [0.29, 0.717) is 11.5 Å². The summed E-state index contributed by atoms with van der Waals surface area (Å²) in [5.74, 6) is 5.26. The fraction of sp³-hybridized carbons (Fsp3) is 0.609. The molecule has 0 amide bonds. The van der Waals surface area contributed by atoms with Gasteiger partial charge in [0.05, 0.1) is 12.0 Å². The van der Waals surface area contributed by atoms with Gasteiger partial charge in [0.1, 0.15) is 5.75 Å². The molecule has 0 heterocycles. The standard InChI is InChI=1S/C23H30O3.Na/c1-2-7-19(16-22(24)25)18-9-11-20(12-10-18)26-21-8-6-15-23(17-21)13-4-3-5-14-23;/h9-12,19,21H,3-6,8,13-17H2,1H3,(H,24,25);/q;+1/p-1. The Bertz CT molecular complexity index is 660. The van der Waals surface area contributed by atoms with E-state index in [4.69, 9.17) is 4.74 Å². The molecule has 2 fully saturated rings. The molecule has 3 rings (SSSR count). The summed E-state index contributed by atoms with van der Waals surface area (Å²) >= 11 is 0. The van der Waals surface area contributed by atoms with E-state index < -0.39 is 5.97 Å². The number of carbonyl (C=O) groups excluding carboxylic acids is 1. The molecule has 0 saturated heterocycles. The van der Waals surface area contributed by atoms with Gasteiger partial charge in [0.15, 0.2) is 0 Å². The van der Waals surface area contributed by atoms with Crippen LogP contribution in [0.5, 0.6) is 5.75 Å². The zero-order valence-corrected chi connectivity index (χ0v) is 18.8. The molecule has 0 radical (unpaired) electrons. The number of carboxylic acid groups (broad SMARTS) is 1. The average molecular weight is 376 g/mol. The first-order valence-corrected chi connectivity index (χ1v) is 9.99. The number of rotatable bonds is 5. The quantitative estimate of drug-likeness (QED) is 0.573. The molecule has 0 aliphatic heterocycles. The van der Waals surface area contributed by atoms with Crippen LogP contribution in [-0.4, -0.2) is 12.1 Å². The van der Waals surface area contributed by atoms with Crippen molar-refractivity contribution in [3.63, 3.8) is 0 Å². The predicted molar refractivity (Wildman–Crippen MR) is 101 cm³/mol. The maximum Gasteiger partial charge on any atom is 1.00 e. The maximum atomic E-state index is 10.9. The summed E-state index contributed by atoms with van der Waals surface area (Å²) in [4.78, 5) is 10.9. The Morgan fingerprint density at radius 1 is 1.19 bits per heavy atom. The van der Waals surface area contributed by atoms with Gasteiger partial charge in [0.2, 0.25) is 0 Å². The van der Waals surface area contributed by atoms with Gasteiger partial charge in [-0.3, -0.25) is 0 Å². The second kappa shape index (κ2) is 10.6. The molecule has 2 saturated carbocycles. The first-order valence-electron chi connectivity index (χ1n) is 9.99. The predicted octanol–water partition coefficient (Wildman–Crippen LogP) is 1.21. The maximum absolute atomic E-state index is 10.9. The third kappa shape index (κ3) is 6.28. The van der Waals surface area contributed by atoms with Gasteiger partial charge in [-0.2, -0.15) is 0 Å². The molecule has 2 unspecified atom stereocenters. The van der Waals surface area contributed by atoms with Crippen molar-refractivity contribution in [2.75, 3.05) is 0 Å². The summed E-state index contributed by atoms with van der Waals surface area (Å²) in [6.45, 7) is 1.73. The Hall–Kier alpha value is -0.950. The summed E-state index contributed by atoms with van der Waals surface area (Å²) in [6, 6.07) is 7.78. The van der Waals surface area contributed by atoms with Crippen molar-refractivity contribution in [3.05, 3.63) is 29.8 Å². The fourth-order valence-electron chi connectivity index (χ4n) is 4.81.